The van der Waals surface area contributed by atoms with Gasteiger partial charge in [0.1, 0.15) is 0 Å². The third-order valence-corrected chi connectivity index (χ3v) is 3.59. The predicted molar refractivity (Wildman–Crippen MR) is 71.3 cm³/mol. The van der Waals surface area contributed by atoms with E-state index < -0.39 is 0 Å². The maximum atomic E-state index is 9.10. The van der Waals surface area contributed by atoms with Gasteiger partial charge in [0.25, 0.3) is 0 Å². The minimum Gasteiger partial charge on any atom is -0.396 e. The van der Waals surface area contributed by atoms with E-state index in [-0.39, 0.29) is 25.2 Å². The summed E-state index contributed by atoms with van der Waals surface area (Å²) in [6, 6.07) is 0.259. The van der Waals surface area contributed by atoms with Gasteiger partial charge in [0.05, 0.1) is 18.8 Å². The van der Waals surface area contributed by atoms with Crippen molar-refractivity contribution in [2.75, 3.05) is 13.2 Å². The Kier molecular flexibility index (Phi) is 5.78. The molecule has 0 bridgehead atoms. The van der Waals surface area contributed by atoms with Crippen LogP contribution in [0.2, 0.25) is 0 Å². The van der Waals surface area contributed by atoms with E-state index in [1.807, 2.05) is 25.5 Å². The van der Waals surface area contributed by atoms with Crippen LogP contribution in [0.4, 0.5) is 0 Å². The molecule has 3 N–H and O–H groups in total. The molecule has 1 aromatic rings. The van der Waals surface area contributed by atoms with Gasteiger partial charge in [-0.15, -0.1) is 0 Å². The number of nitrogens with zero attached hydrogens (tertiary/aromatic N) is 2. The molecular formula is C13H25N3O2. The van der Waals surface area contributed by atoms with E-state index in [1.165, 1.54) is 5.56 Å². The summed E-state index contributed by atoms with van der Waals surface area (Å²) in [6.45, 7) is 9.67. The average molecular weight is 255 g/mol. The highest BCUT2D eigenvalue weighted by Gasteiger charge is 2.14. The minimum absolute atomic E-state index is 0.104. The van der Waals surface area contributed by atoms with Crippen LogP contribution < -0.4 is 5.32 Å². The molecule has 0 saturated carbocycles. The number of nitrogens with one attached hydrogen (secondary N) is 1. The van der Waals surface area contributed by atoms with Crippen molar-refractivity contribution in [2.24, 2.45) is 5.92 Å². The fourth-order valence-electron chi connectivity index (χ4n) is 1.92. The van der Waals surface area contributed by atoms with Crippen LogP contribution in [0, 0.1) is 19.8 Å². The Labute approximate surface area is 109 Å². The molecule has 5 nitrogen and oxygen atoms in total. The lowest BCUT2D eigenvalue weighted by atomic mass is 10.0. The van der Waals surface area contributed by atoms with Crippen molar-refractivity contribution in [1.82, 2.24) is 15.1 Å². The van der Waals surface area contributed by atoms with Crippen LogP contribution in [-0.4, -0.2) is 39.2 Å². The van der Waals surface area contributed by atoms with Gasteiger partial charge in [0.15, 0.2) is 0 Å². The Hall–Kier alpha value is -0.910. The van der Waals surface area contributed by atoms with Gasteiger partial charge in [-0.3, -0.25) is 4.68 Å². The molecule has 0 aliphatic heterocycles. The molecule has 0 aromatic carbocycles. The molecule has 0 saturated heterocycles. The zero-order chi connectivity index (χ0) is 13.7. The lowest BCUT2D eigenvalue weighted by molar-refractivity contribution is 0.207. The van der Waals surface area contributed by atoms with E-state index in [9.17, 15) is 0 Å². The van der Waals surface area contributed by atoms with Gasteiger partial charge >= 0.3 is 0 Å². The summed E-state index contributed by atoms with van der Waals surface area (Å²) in [7, 11) is 0. The van der Waals surface area contributed by atoms with E-state index in [0.717, 1.165) is 17.9 Å². The monoisotopic (exact) mass is 255 g/mol. The van der Waals surface area contributed by atoms with Gasteiger partial charge in [-0.2, -0.15) is 5.10 Å². The van der Waals surface area contributed by atoms with E-state index in [0.29, 0.717) is 6.54 Å². The molecule has 2 unspecified atom stereocenters. The van der Waals surface area contributed by atoms with Gasteiger partial charge in [-0.05, 0) is 26.7 Å². The van der Waals surface area contributed by atoms with Crippen LogP contribution in [-0.2, 0) is 13.1 Å². The van der Waals surface area contributed by atoms with Gasteiger partial charge in [-0.25, -0.2) is 0 Å². The Morgan fingerprint density at radius 2 is 1.94 bits per heavy atom. The first-order valence-corrected chi connectivity index (χ1v) is 6.49. The third kappa shape index (κ3) is 3.54. The second-order valence-corrected chi connectivity index (χ2v) is 4.93. The van der Waals surface area contributed by atoms with Gasteiger partial charge < -0.3 is 15.5 Å². The van der Waals surface area contributed by atoms with Crippen molar-refractivity contribution in [2.45, 2.75) is 46.8 Å². The van der Waals surface area contributed by atoms with Crippen LogP contribution in [0.1, 0.15) is 30.8 Å². The van der Waals surface area contributed by atoms with Crippen molar-refractivity contribution < 1.29 is 10.2 Å². The maximum Gasteiger partial charge on any atom is 0.0644 e. The maximum absolute atomic E-state index is 9.10. The molecule has 0 fully saturated rings. The topological polar surface area (TPSA) is 70.3 Å². The molecule has 0 amide bonds. The van der Waals surface area contributed by atoms with Crippen LogP contribution in [0.3, 0.4) is 0 Å². The van der Waals surface area contributed by atoms with Gasteiger partial charge in [0.2, 0.25) is 0 Å². The summed E-state index contributed by atoms with van der Waals surface area (Å²) in [4.78, 5) is 0. The predicted octanol–water partition coefficient (Wildman–Crippen LogP) is 0.599. The molecule has 1 heterocycles. The number of hydrogen-bond donors (Lipinski definition) is 3. The van der Waals surface area contributed by atoms with Crippen molar-refractivity contribution >= 4 is 0 Å². The normalized spacial score (nSPS) is 14.8. The molecule has 18 heavy (non-hydrogen) atoms. The highest BCUT2D eigenvalue weighted by atomic mass is 16.3. The number of aliphatic hydroxyl groups is 2. The molecule has 0 aliphatic carbocycles. The van der Waals surface area contributed by atoms with E-state index in [1.54, 1.807) is 0 Å². The van der Waals surface area contributed by atoms with Crippen molar-refractivity contribution in [3.8, 4) is 0 Å². The summed E-state index contributed by atoms with van der Waals surface area (Å²) in [5.74, 6) is 0.234. The standard InChI is InChI=1S/C13H25N3O2/c1-9(8-18)10(2)14-7-13-11(3)15-16(5-6-17)12(13)4/h9-10,14,17-18H,5-8H2,1-4H3. The Morgan fingerprint density at radius 3 is 2.50 bits per heavy atom. The van der Waals surface area contributed by atoms with Crippen molar-refractivity contribution in [3.63, 3.8) is 0 Å². The molecule has 0 spiro atoms. The number of aryl methyl sites for hydroxylation is 1. The zero-order valence-electron chi connectivity index (χ0n) is 11.8. The first-order valence-electron chi connectivity index (χ1n) is 6.49. The smallest absolute Gasteiger partial charge is 0.0644 e. The number of aromatic nitrogens is 2. The van der Waals surface area contributed by atoms with Gasteiger partial charge in [0, 0.05) is 30.5 Å². The summed E-state index contributed by atoms with van der Waals surface area (Å²) in [5, 5.41) is 25.9. The SMILES string of the molecule is Cc1nn(CCO)c(C)c1CNC(C)C(C)CO. The first kappa shape index (κ1) is 15.1. The lowest BCUT2D eigenvalue weighted by Gasteiger charge is -2.19. The second-order valence-electron chi connectivity index (χ2n) is 4.93. The largest absolute Gasteiger partial charge is 0.396 e. The van der Waals surface area contributed by atoms with Crippen LogP contribution in [0.5, 0.6) is 0 Å². The average Bonchev–Trinajstić information content (AvgIpc) is 2.61. The molecule has 0 aliphatic rings. The summed E-state index contributed by atoms with van der Waals surface area (Å²) in [5.41, 5.74) is 3.27. The van der Waals surface area contributed by atoms with Crippen LogP contribution in [0.25, 0.3) is 0 Å². The summed E-state index contributed by atoms with van der Waals surface area (Å²) in [6.07, 6.45) is 0. The lowest BCUT2D eigenvalue weighted by Crippen LogP contribution is -2.33. The molecule has 0 radical (unpaired) electrons. The highest BCUT2D eigenvalue weighted by molar-refractivity contribution is 5.24. The van der Waals surface area contributed by atoms with Crippen molar-refractivity contribution in [1.29, 1.82) is 0 Å². The zero-order valence-corrected chi connectivity index (χ0v) is 11.8. The Balaban J connectivity index is 2.67. The van der Waals surface area contributed by atoms with Gasteiger partial charge in [-0.1, -0.05) is 6.92 Å². The van der Waals surface area contributed by atoms with Crippen LogP contribution in [0.15, 0.2) is 0 Å². The highest BCUT2D eigenvalue weighted by Crippen LogP contribution is 2.13. The first-order chi connectivity index (χ1) is 8.51. The van der Waals surface area contributed by atoms with E-state index >= 15 is 0 Å². The fraction of sp³-hybridized carbons (Fsp3) is 0.769. The van der Waals surface area contributed by atoms with Crippen molar-refractivity contribution in [3.05, 3.63) is 17.0 Å². The van der Waals surface area contributed by atoms with E-state index in [2.05, 4.69) is 17.3 Å². The second kappa shape index (κ2) is 6.87. The molecule has 1 rings (SSSR count). The number of rotatable bonds is 7. The number of aliphatic hydroxyl groups excluding tert-OH is 2. The number of hydrogen-bond acceptors (Lipinski definition) is 4. The molecule has 1 aromatic heterocycles. The Bertz CT molecular complexity index is 377. The summed E-state index contributed by atoms with van der Waals surface area (Å²) < 4.78 is 1.84. The molecule has 104 valence electrons. The third-order valence-electron chi connectivity index (χ3n) is 3.59. The minimum atomic E-state index is 0.104. The quantitative estimate of drug-likeness (QED) is 0.667. The fourth-order valence-corrected chi connectivity index (χ4v) is 1.92. The van der Waals surface area contributed by atoms with E-state index in [4.69, 9.17) is 10.2 Å². The molecular weight excluding hydrogens is 230 g/mol. The molecule has 2 atom stereocenters. The molecule has 5 heteroatoms. The Morgan fingerprint density at radius 1 is 1.28 bits per heavy atom. The van der Waals surface area contributed by atoms with Crippen LogP contribution >= 0.6 is 0 Å². The summed E-state index contributed by atoms with van der Waals surface area (Å²) >= 11 is 0.